The molecule has 1 atom stereocenters. The molecule has 9 heteroatoms. The summed E-state index contributed by atoms with van der Waals surface area (Å²) >= 11 is 0. The highest BCUT2D eigenvalue weighted by Gasteiger charge is 2.40. The average molecular weight is 325 g/mol. The number of hydrogen-bond acceptors (Lipinski definition) is 7. The van der Waals surface area contributed by atoms with Gasteiger partial charge in [0.05, 0.1) is 32.6 Å². The molecule has 0 aromatic heterocycles. The van der Waals surface area contributed by atoms with Gasteiger partial charge in [-0.3, -0.25) is 4.18 Å². The van der Waals surface area contributed by atoms with E-state index in [-0.39, 0.29) is 19.8 Å². The zero-order valence-electron chi connectivity index (χ0n) is 12.8. The Morgan fingerprint density at radius 3 is 2.52 bits per heavy atom. The maximum atomic E-state index is 12.0. The van der Waals surface area contributed by atoms with Gasteiger partial charge >= 0.3 is 6.09 Å². The fourth-order valence-corrected chi connectivity index (χ4v) is 2.20. The lowest BCUT2D eigenvalue weighted by Gasteiger charge is -2.41. The number of amides is 1. The SMILES string of the molecule is CC(C)(C)OC(=O)N1CCOC(CO)(COS(C)(=O)=O)C1. The van der Waals surface area contributed by atoms with E-state index in [0.717, 1.165) is 6.26 Å². The molecule has 1 aliphatic rings. The van der Waals surface area contributed by atoms with Crippen molar-refractivity contribution in [3.05, 3.63) is 0 Å². The van der Waals surface area contributed by atoms with Crippen LogP contribution in [0.1, 0.15) is 20.8 Å². The summed E-state index contributed by atoms with van der Waals surface area (Å²) in [6.45, 7) is 4.87. The van der Waals surface area contributed by atoms with Crippen molar-refractivity contribution in [1.29, 1.82) is 0 Å². The number of aliphatic hydroxyl groups is 1. The fraction of sp³-hybridized carbons (Fsp3) is 0.917. The number of carbonyl (C=O) groups excluding carboxylic acids is 1. The largest absolute Gasteiger partial charge is 0.444 e. The van der Waals surface area contributed by atoms with Crippen LogP contribution in [0, 0.1) is 0 Å². The van der Waals surface area contributed by atoms with Crippen molar-refractivity contribution in [2.24, 2.45) is 0 Å². The van der Waals surface area contributed by atoms with Crippen LogP contribution in [0.25, 0.3) is 0 Å². The summed E-state index contributed by atoms with van der Waals surface area (Å²) in [5, 5.41) is 9.49. The second-order valence-corrected chi connectivity index (χ2v) is 7.70. The quantitative estimate of drug-likeness (QED) is 0.724. The van der Waals surface area contributed by atoms with E-state index in [4.69, 9.17) is 13.7 Å². The fourth-order valence-electron chi connectivity index (χ4n) is 1.77. The standard InChI is InChI=1S/C12H23NO7S/c1-11(2,3)20-10(15)13-5-6-18-12(7-13,8-14)9-19-21(4,16)17/h14H,5-9H2,1-4H3. The molecule has 1 unspecified atom stereocenters. The third kappa shape index (κ3) is 6.16. The molecule has 1 N–H and O–H groups in total. The van der Waals surface area contributed by atoms with Gasteiger partial charge in [-0.2, -0.15) is 8.42 Å². The van der Waals surface area contributed by atoms with Crippen molar-refractivity contribution in [2.75, 3.05) is 39.2 Å². The number of carbonyl (C=O) groups is 1. The second kappa shape index (κ2) is 6.47. The average Bonchev–Trinajstić information content (AvgIpc) is 2.34. The first kappa shape index (κ1) is 18.1. The summed E-state index contributed by atoms with van der Waals surface area (Å²) < 4.78 is 37.5. The van der Waals surface area contributed by atoms with Crippen molar-refractivity contribution in [3.63, 3.8) is 0 Å². The molecule has 0 bridgehead atoms. The monoisotopic (exact) mass is 325 g/mol. The van der Waals surface area contributed by atoms with Crippen molar-refractivity contribution in [3.8, 4) is 0 Å². The Bertz CT molecular complexity index is 470. The minimum atomic E-state index is -3.66. The van der Waals surface area contributed by atoms with Crippen LogP contribution >= 0.6 is 0 Å². The maximum absolute atomic E-state index is 12.0. The van der Waals surface area contributed by atoms with Crippen molar-refractivity contribution < 1.29 is 32.0 Å². The first-order valence-electron chi connectivity index (χ1n) is 6.54. The highest BCUT2D eigenvalue weighted by molar-refractivity contribution is 7.85. The number of nitrogens with zero attached hydrogens (tertiary/aromatic N) is 1. The van der Waals surface area contributed by atoms with E-state index in [1.54, 1.807) is 20.8 Å². The lowest BCUT2D eigenvalue weighted by Crippen LogP contribution is -2.58. The summed E-state index contributed by atoms with van der Waals surface area (Å²) in [6.07, 6.45) is 0.370. The predicted molar refractivity (Wildman–Crippen MR) is 74.4 cm³/mol. The molecule has 0 aromatic carbocycles. The van der Waals surface area contributed by atoms with Crippen LogP contribution in [0.3, 0.4) is 0 Å². The van der Waals surface area contributed by atoms with Gasteiger partial charge in [-0.25, -0.2) is 4.79 Å². The van der Waals surface area contributed by atoms with Crippen LogP contribution in [0.5, 0.6) is 0 Å². The van der Waals surface area contributed by atoms with Crippen LogP contribution in [0.2, 0.25) is 0 Å². The molecule has 1 aliphatic heterocycles. The zero-order valence-corrected chi connectivity index (χ0v) is 13.6. The minimum absolute atomic E-state index is 0.00602. The van der Waals surface area contributed by atoms with Gasteiger partial charge in [0.15, 0.2) is 0 Å². The number of ether oxygens (including phenoxy) is 2. The molecule has 0 spiro atoms. The molecule has 8 nitrogen and oxygen atoms in total. The maximum Gasteiger partial charge on any atom is 0.410 e. The molecule has 0 aliphatic carbocycles. The van der Waals surface area contributed by atoms with Crippen molar-refractivity contribution >= 4 is 16.2 Å². The molecule has 1 saturated heterocycles. The molecule has 1 rings (SSSR count). The summed E-state index contributed by atoms with van der Waals surface area (Å²) in [6, 6.07) is 0. The Morgan fingerprint density at radius 2 is 2.05 bits per heavy atom. The topological polar surface area (TPSA) is 102 Å². The van der Waals surface area contributed by atoms with Crippen molar-refractivity contribution in [2.45, 2.75) is 32.0 Å². The van der Waals surface area contributed by atoms with E-state index in [2.05, 4.69) is 0 Å². The number of rotatable bonds is 4. The van der Waals surface area contributed by atoms with Gasteiger partial charge in [0, 0.05) is 6.54 Å². The predicted octanol–water partition coefficient (Wildman–Crippen LogP) is -0.0390. The van der Waals surface area contributed by atoms with Gasteiger partial charge in [0.2, 0.25) is 0 Å². The number of morpholine rings is 1. The molecule has 1 heterocycles. The molecule has 124 valence electrons. The van der Waals surface area contributed by atoms with Gasteiger partial charge in [-0.05, 0) is 20.8 Å². The molecule has 1 fully saturated rings. The number of hydrogen-bond donors (Lipinski definition) is 1. The Morgan fingerprint density at radius 1 is 1.43 bits per heavy atom. The molecule has 1 amide bonds. The molecule has 21 heavy (non-hydrogen) atoms. The first-order valence-corrected chi connectivity index (χ1v) is 8.35. The van der Waals surface area contributed by atoms with E-state index < -0.39 is 34.0 Å². The first-order chi connectivity index (χ1) is 9.46. The third-order valence-corrected chi connectivity index (χ3v) is 3.27. The smallest absolute Gasteiger partial charge is 0.410 e. The normalized spacial score (nSPS) is 24.0. The van der Waals surface area contributed by atoms with Gasteiger partial charge in [-0.1, -0.05) is 0 Å². The van der Waals surface area contributed by atoms with E-state index >= 15 is 0 Å². The molecule has 0 aromatic rings. The van der Waals surface area contributed by atoms with E-state index in [9.17, 15) is 18.3 Å². The summed E-state index contributed by atoms with van der Waals surface area (Å²) in [5.74, 6) is 0. The highest BCUT2D eigenvalue weighted by atomic mass is 32.2. The lowest BCUT2D eigenvalue weighted by atomic mass is 10.0. The Hall–Kier alpha value is -0.900. The molecular weight excluding hydrogens is 302 g/mol. The molecule has 0 radical (unpaired) electrons. The lowest BCUT2D eigenvalue weighted by molar-refractivity contribution is -0.146. The zero-order chi connectivity index (χ0) is 16.3. The Balaban J connectivity index is 2.73. The van der Waals surface area contributed by atoms with Gasteiger partial charge in [0.1, 0.15) is 11.2 Å². The highest BCUT2D eigenvalue weighted by Crippen LogP contribution is 2.21. The van der Waals surface area contributed by atoms with E-state index in [1.807, 2.05) is 0 Å². The van der Waals surface area contributed by atoms with Crippen LogP contribution < -0.4 is 0 Å². The number of aliphatic hydroxyl groups excluding tert-OH is 1. The Kier molecular flexibility index (Phi) is 5.59. The third-order valence-electron chi connectivity index (χ3n) is 2.72. The van der Waals surface area contributed by atoms with E-state index in [1.165, 1.54) is 4.90 Å². The summed E-state index contributed by atoms with van der Waals surface area (Å²) in [7, 11) is -3.66. The van der Waals surface area contributed by atoms with Crippen LogP contribution in [-0.4, -0.2) is 74.9 Å². The molecule has 0 saturated carbocycles. The van der Waals surface area contributed by atoms with Crippen LogP contribution in [0.4, 0.5) is 4.79 Å². The Labute approximate surface area is 125 Å². The van der Waals surface area contributed by atoms with Crippen molar-refractivity contribution in [1.82, 2.24) is 4.90 Å². The van der Waals surface area contributed by atoms with E-state index in [0.29, 0.717) is 6.54 Å². The van der Waals surface area contributed by atoms with Gasteiger partial charge in [0.25, 0.3) is 10.1 Å². The van der Waals surface area contributed by atoms with Gasteiger partial charge < -0.3 is 19.5 Å². The van der Waals surface area contributed by atoms with Gasteiger partial charge in [-0.15, -0.1) is 0 Å². The van der Waals surface area contributed by atoms with Crippen LogP contribution in [-0.2, 0) is 23.8 Å². The second-order valence-electron chi connectivity index (χ2n) is 6.06. The summed E-state index contributed by atoms with van der Waals surface area (Å²) in [4.78, 5) is 13.4. The van der Waals surface area contributed by atoms with Crippen LogP contribution in [0.15, 0.2) is 0 Å². The minimum Gasteiger partial charge on any atom is -0.444 e. The summed E-state index contributed by atoms with van der Waals surface area (Å²) in [5.41, 5.74) is -1.90. The molecular formula is C12H23NO7S.